The minimum absolute atomic E-state index is 0.121. The third kappa shape index (κ3) is 3.00. The minimum atomic E-state index is -1.01. The number of aliphatic carboxylic acids is 1. The Morgan fingerprint density at radius 2 is 2.06 bits per heavy atom. The van der Waals surface area contributed by atoms with Crippen molar-refractivity contribution in [2.24, 2.45) is 0 Å². The maximum atomic E-state index is 11.7. The second-order valence-corrected chi connectivity index (χ2v) is 4.56. The number of hydrogen-bond acceptors (Lipinski definition) is 2. The summed E-state index contributed by atoms with van der Waals surface area (Å²) in [5.74, 6) is -0.656. The molecular weight excluding hydrogens is 232 g/mol. The predicted octanol–water partition coefficient (Wildman–Crippen LogP) is 1.27. The van der Waals surface area contributed by atoms with Gasteiger partial charge in [-0.2, -0.15) is 0 Å². The van der Waals surface area contributed by atoms with Crippen LogP contribution in [0.15, 0.2) is 30.3 Å². The Balaban J connectivity index is 1.83. The highest BCUT2D eigenvalue weighted by Gasteiger charge is 2.39. The summed E-state index contributed by atoms with van der Waals surface area (Å²) in [6.07, 6.45) is 0.913. The van der Waals surface area contributed by atoms with E-state index in [-0.39, 0.29) is 18.6 Å². The Bertz CT molecular complexity index is 447. The van der Waals surface area contributed by atoms with Gasteiger partial charge in [0.2, 0.25) is 0 Å². The Labute approximate surface area is 105 Å². The van der Waals surface area contributed by atoms with Crippen molar-refractivity contribution in [2.45, 2.75) is 18.4 Å². The first-order chi connectivity index (χ1) is 8.58. The minimum Gasteiger partial charge on any atom is -0.480 e. The number of carboxylic acid groups (broad SMARTS) is 1. The van der Waals surface area contributed by atoms with E-state index in [0.29, 0.717) is 5.92 Å². The Kier molecular flexibility index (Phi) is 3.50. The number of carbonyl (C=O) groups excluding carboxylic acids is 1. The van der Waals surface area contributed by atoms with Gasteiger partial charge in [-0.3, -0.25) is 4.79 Å². The fraction of sp³-hybridized carbons (Fsp3) is 0.385. The standard InChI is InChI=1S/C13H16N2O3/c1-15(8-12(16)17)13(18)14-11-7-10(11)9-5-3-2-4-6-9/h2-6,10-11H,7-8H2,1H3,(H,14,18)(H,16,17)/t10-,11+/m1/s1. The molecule has 0 aliphatic heterocycles. The first-order valence-corrected chi connectivity index (χ1v) is 5.86. The monoisotopic (exact) mass is 248 g/mol. The van der Waals surface area contributed by atoms with Gasteiger partial charge < -0.3 is 15.3 Å². The smallest absolute Gasteiger partial charge is 0.323 e. The molecule has 1 saturated carbocycles. The molecule has 2 N–H and O–H groups in total. The third-order valence-corrected chi connectivity index (χ3v) is 3.05. The van der Waals surface area contributed by atoms with Crippen LogP contribution in [0.25, 0.3) is 0 Å². The molecule has 0 saturated heterocycles. The predicted molar refractivity (Wildman–Crippen MR) is 66.4 cm³/mol. The maximum absolute atomic E-state index is 11.7. The molecule has 1 fully saturated rings. The first kappa shape index (κ1) is 12.4. The van der Waals surface area contributed by atoms with Gasteiger partial charge in [-0.1, -0.05) is 30.3 Å². The number of nitrogens with zero attached hydrogens (tertiary/aromatic N) is 1. The van der Waals surface area contributed by atoms with E-state index >= 15 is 0 Å². The first-order valence-electron chi connectivity index (χ1n) is 5.86. The summed E-state index contributed by atoms with van der Waals surface area (Å²) in [5.41, 5.74) is 1.21. The highest BCUT2D eigenvalue weighted by molar-refractivity contribution is 5.80. The SMILES string of the molecule is CN(CC(=O)O)C(=O)N[C@H]1C[C@@H]1c1ccccc1. The van der Waals surface area contributed by atoms with Crippen LogP contribution in [0.5, 0.6) is 0 Å². The van der Waals surface area contributed by atoms with Crippen molar-refractivity contribution >= 4 is 12.0 Å². The summed E-state index contributed by atoms with van der Waals surface area (Å²) in [6, 6.07) is 9.78. The zero-order valence-electron chi connectivity index (χ0n) is 10.2. The number of benzene rings is 1. The zero-order valence-corrected chi connectivity index (χ0v) is 10.2. The lowest BCUT2D eigenvalue weighted by atomic mass is 10.1. The van der Waals surface area contributed by atoms with E-state index in [0.717, 1.165) is 6.42 Å². The molecule has 0 aromatic heterocycles. The van der Waals surface area contributed by atoms with Crippen LogP contribution in [-0.2, 0) is 4.79 Å². The van der Waals surface area contributed by atoms with Gasteiger partial charge in [0.05, 0.1) is 0 Å². The van der Waals surface area contributed by atoms with Crippen LogP contribution >= 0.6 is 0 Å². The van der Waals surface area contributed by atoms with Gasteiger partial charge in [0, 0.05) is 19.0 Å². The molecule has 1 aliphatic rings. The van der Waals surface area contributed by atoms with Gasteiger partial charge in [0.25, 0.3) is 0 Å². The average molecular weight is 248 g/mol. The molecule has 1 aliphatic carbocycles. The lowest BCUT2D eigenvalue weighted by Crippen LogP contribution is -2.41. The van der Waals surface area contributed by atoms with Crippen LogP contribution in [-0.4, -0.2) is 41.6 Å². The summed E-state index contributed by atoms with van der Waals surface area (Å²) in [7, 11) is 1.48. The maximum Gasteiger partial charge on any atom is 0.323 e. The van der Waals surface area contributed by atoms with Gasteiger partial charge >= 0.3 is 12.0 Å². The Morgan fingerprint density at radius 1 is 1.39 bits per heavy atom. The average Bonchev–Trinajstić information content (AvgIpc) is 3.08. The number of carbonyl (C=O) groups is 2. The molecule has 5 nitrogen and oxygen atoms in total. The fourth-order valence-electron chi connectivity index (χ4n) is 1.97. The van der Waals surface area contributed by atoms with Gasteiger partial charge in [0.15, 0.2) is 0 Å². The van der Waals surface area contributed by atoms with E-state index in [9.17, 15) is 9.59 Å². The zero-order chi connectivity index (χ0) is 13.1. The second kappa shape index (κ2) is 5.08. The van der Waals surface area contributed by atoms with Crippen LogP contribution in [0.2, 0.25) is 0 Å². The molecule has 0 unspecified atom stereocenters. The number of amides is 2. The highest BCUT2D eigenvalue weighted by Crippen LogP contribution is 2.40. The van der Waals surface area contributed by atoms with Crippen molar-refractivity contribution < 1.29 is 14.7 Å². The lowest BCUT2D eigenvalue weighted by molar-refractivity contribution is -0.137. The molecular formula is C13H16N2O3. The van der Waals surface area contributed by atoms with Crippen molar-refractivity contribution in [3.8, 4) is 0 Å². The van der Waals surface area contributed by atoms with Gasteiger partial charge in [-0.05, 0) is 12.0 Å². The van der Waals surface area contributed by atoms with E-state index in [1.54, 1.807) is 0 Å². The second-order valence-electron chi connectivity index (χ2n) is 4.56. The molecule has 1 aromatic rings. The normalized spacial score (nSPS) is 21.2. The summed E-state index contributed by atoms with van der Waals surface area (Å²) in [4.78, 5) is 23.3. The van der Waals surface area contributed by atoms with E-state index in [2.05, 4.69) is 5.32 Å². The molecule has 0 radical (unpaired) electrons. The summed E-state index contributed by atoms with van der Waals surface area (Å²) < 4.78 is 0. The highest BCUT2D eigenvalue weighted by atomic mass is 16.4. The molecule has 0 bridgehead atoms. The summed E-state index contributed by atoms with van der Waals surface area (Å²) in [5, 5.41) is 11.4. The molecule has 2 amide bonds. The number of rotatable bonds is 4. The molecule has 2 atom stereocenters. The summed E-state index contributed by atoms with van der Waals surface area (Å²) in [6.45, 7) is -0.283. The van der Waals surface area contributed by atoms with Crippen LogP contribution in [0.1, 0.15) is 17.9 Å². The number of nitrogens with one attached hydrogen (secondary N) is 1. The molecule has 18 heavy (non-hydrogen) atoms. The number of carboxylic acids is 1. The summed E-state index contributed by atoms with van der Waals surface area (Å²) >= 11 is 0. The molecule has 96 valence electrons. The van der Waals surface area contributed by atoms with Crippen molar-refractivity contribution in [3.63, 3.8) is 0 Å². The topological polar surface area (TPSA) is 69.6 Å². The Morgan fingerprint density at radius 3 is 2.67 bits per heavy atom. The van der Waals surface area contributed by atoms with Gasteiger partial charge in [0.1, 0.15) is 6.54 Å². The van der Waals surface area contributed by atoms with Gasteiger partial charge in [-0.15, -0.1) is 0 Å². The van der Waals surface area contributed by atoms with Crippen molar-refractivity contribution in [1.82, 2.24) is 10.2 Å². The molecule has 0 heterocycles. The van der Waals surface area contributed by atoms with Crippen LogP contribution in [0.4, 0.5) is 4.79 Å². The van der Waals surface area contributed by atoms with Crippen molar-refractivity contribution in [3.05, 3.63) is 35.9 Å². The molecule has 1 aromatic carbocycles. The largest absolute Gasteiger partial charge is 0.480 e. The van der Waals surface area contributed by atoms with Crippen LogP contribution < -0.4 is 5.32 Å². The molecule has 0 spiro atoms. The fourth-order valence-corrected chi connectivity index (χ4v) is 1.97. The van der Waals surface area contributed by atoms with Crippen LogP contribution in [0.3, 0.4) is 0 Å². The van der Waals surface area contributed by atoms with Crippen molar-refractivity contribution in [2.75, 3.05) is 13.6 Å². The third-order valence-electron chi connectivity index (χ3n) is 3.05. The van der Waals surface area contributed by atoms with E-state index in [1.165, 1.54) is 17.5 Å². The van der Waals surface area contributed by atoms with E-state index in [1.807, 2.05) is 30.3 Å². The number of likely N-dealkylation sites (N-methyl/N-ethyl adjacent to an activating group) is 1. The molecule has 2 rings (SSSR count). The lowest BCUT2D eigenvalue weighted by Gasteiger charge is -2.15. The van der Waals surface area contributed by atoms with Gasteiger partial charge in [-0.25, -0.2) is 4.79 Å². The van der Waals surface area contributed by atoms with E-state index < -0.39 is 5.97 Å². The quantitative estimate of drug-likeness (QED) is 0.843. The number of hydrogen-bond donors (Lipinski definition) is 2. The van der Waals surface area contributed by atoms with E-state index in [4.69, 9.17) is 5.11 Å². The Hall–Kier alpha value is -2.04. The van der Waals surface area contributed by atoms with Crippen molar-refractivity contribution in [1.29, 1.82) is 0 Å². The number of urea groups is 1. The van der Waals surface area contributed by atoms with Crippen LogP contribution in [0, 0.1) is 0 Å². The molecule has 5 heteroatoms.